The Morgan fingerprint density at radius 1 is 0.583 bits per heavy atom. The quantitative estimate of drug-likeness (QED) is 0.295. The van der Waals surface area contributed by atoms with Crippen molar-refractivity contribution in [3.63, 3.8) is 0 Å². The molecule has 7 nitrogen and oxygen atoms in total. The van der Waals surface area contributed by atoms with E-state index in [1.807, 2.05) is 0 Å². The van der Waals surface area contributed by atoms with Crippen LogP contribution >= 0.6 is 0 Å². The first kappa shape index (κ1) is 25.6. The van der Waals surface area contributed by atoms with Gasteiger partial charge in [-0.1, -0.05) is 0 Å². The third-order valence-electron chi connectivity index (χ3n) is 0.250. The number of hydrogen-bond donors (Lipinski definition) is 0. The number of hydrogen-bond acceptors (Lipinski definition) is 7. The summed E-state index contributed by atoms with van der Waals surface area (Å²) in [5.74, 6) is 0. The van der Waals surface area contributed by atoms with Crippen LogP contribution in [0.1, 0.15) is 0 Å². The van der Waals surface area contributed by atoms with Gasteiger partial charge in [0.1, 0.15) is 0 Å². The molecule has 0 amide bonds. The Balaban J connectivity index is -0.000000107. The first-order valence-corrected chi connectivity index (χ1v) is 4.90. The fraction of sp³-hybridized carbons (Fsp3) is 0. The van der Waals surface area contributed by atoms with Crippen LogP contribution in [0.2, 0.25) is 0 Å². The average molecular weight is 580 g/mol. The SMILES string of the molecule is [Ba+2].[Ba+2].[Ba+2].[O-][Si]([O-])([O-])O[Si]([O-])([O-])[O-]. The molecule has 0 N–H and O–H groups in total. The van der Waals surface area contributed by atoms with Crippen molar-refractivity contribution in [2.75, 3.05) is 0 Å². The van der Waals surface area contributed by atoms with E-state index in [1.165, 1.54) is 0 Å². The van der Waals surface area contributed by atoms with Gasteiger partial charge in [0.2, 0.25) is 0 Å². The van der Waals surface area contributed by atoms with E-state index in [1.54, 1.807) is 0 Å². The van der Waals surface area contributed by atoms with E-state index in [-0.39, 0.29) is 147 Å². The summed E-state index contributed by atoms with van der Waals surface area (Å²) in [6.07, 6.45) is 0. The minimum absolute atomic E-state index is 0. The molecule has 0 spiro atoms. The van der Waals surface area contributed by atoms with Gasteiger partial charge in [-0.15, -0.1) is 18.1 Å². The van der Waals surface area contributed by atoms with Gasteiger partial charge in [0.05, 0.1) is 0 Å². The van der Waals surface area contributed by atoms with Gasteiger partial charge in [-0.25, -0.2) is 0 Å². The summed E-state index contributed by atoms with van der Waals surface area (Å²) in [5.41, 5.74) is 0. The molecule has 0 radical (unpaired) electrons. The van der Waals surface area contributed by atoms with Gasteiger partial charge in [-0.05, 0) is 0 Å². The van der Waals surface area contributed by atoms with Crippen molar-refractivity contribution >= 4 is 165 Å². The standard InChI is InChI=1S/3Ba.O7Si2/c;;;1-8(2,3)7-9(4,5)6/q3*+2;-6. The molecule has 0 rings (SSSR count). The molecule has 0 heterocycles. The van der Waals surface area contributed by atoms with Crippen molar-refractivity contribution in [1.29, 1.82) is 0 Å². The molecule has 0 bridgehead atoms. The van der Waals surface area contributed by atoms with Crippen LogP contribution in [0.3, 0.4) is 0 Å². The van der Waals surface area contributed by atoms with Gasteiger partial charge in [-0.3, -0.25) is 0 Å². The molecule has 0 atom stereocenters. The van der Waals surface area contributed by atoms with Crippen LogP contribution in [0, 0.1) is 0 Å². The van der Waals surface area contributed by atoms with Crippen LogP contribution < -0.4 is 28.8 Å². The zero-order chi connectivity index (χ0) is 7.71. The number of rotatable bonds is 2. The maximum Gasteiger partial charge on any atom is 2.00 e. The van der Waals surface area contributed by atoms with Crippen LogP contribution in [0.15, 0.2) is 0 Å². The van der Waals surface area contributed by atoms with E-state index in [0.717, 1.165) is 0 Å². The maximum atomic E-state index is 9.36. The van der Waals surface area contributed by atoms with Gasteiger partial charge in [0, 0.05) is 0 Å². The van der Waals surface area contributed by atoms with Gasteiger partial charge >= 0.3 is 147 Å². The van der Waals surface area contributed by atoms with Crippen molar-refractivity contribution in [2.24, 2.45) is 0 Å². The predicted molar refractivity (Wildman–Crippen MR) is 29.9 cm³/mol. The second-order valence-electron chi connectivity index (χ2n) is 1.10. The molecule has 12 heteroatoms. The molecular formula is Ba3O7Si2. The molecule has 0 unspecified atom stereocenters. The minimum Gasteiger partial charge on any atom is -0.862 e. The molecule has 0 saturated carbocycles. The summed E-state index contributed by atoms with van der Waals surface area (Å²) in [7, 11) is -11.8. The smallest absolute Gasteiger partial charge is 0.862 e. The maximum absolute atomic E-state index is 9.36. The molecule has 0 aromatic rings. The van der Waals surface area contributed by atoms with Crippen molar-refractivity contribution in [2.45, 2.75) is 0 Å². The summed E-state index contributed by atoms with van der Waals surface area (Å²) in [4.78, 5) is 56.2. The van der Waals surface area contributed by atoms with Crippen LogP contribution in [0.5, 0.6) is 0 Å². The zero-order valence-corrected chi connectivity index (χ0v) is 21.3. The third-order valence-corrected chi connectivity index (χ3v) is 2.25. The minimum atomic E-state index is -5.92. The van der Waals surface area contributed by atoms with E-state index in [4.69, 9.17) is 0 Å². The summed E-state index contributed by atoms with van der Waals surface area (Å²) in [6, 6.07) is 0. The molecule has 0 aliphatic rings. The topological polar surface area (TPSA) is 148 Å². The Hall–Kier alpha value is 4.87. The summed E-state index contributed by atoms with van der Waals surface area (Å²) in [6.45, 7) is 0. The van der Waals surface area contributed by atoms with Gasteiger partial charge < -0.3 is 32.9 Å². The van der Waals surface area contributed by atoms with Crippen LogP contribution in [0.25, 0.3) is 0 Å². The molecule has 0 saturated heterocycles. The van der Waals surface area contributed by atoms with Crippen LogP contribution in [0.4, 0.5) is 0 Å². The monoisotopic (exact) mass is 582 g/mol. The Bertz CT molecular complexity index is 81.8. The van der Waals surface area contributed by atoms with E-state index in [9.17, 15) is 28.8 Å². The molecule has 0 fully saturated rings. The van der Waals surface area contributed by atoms with Crippen molar-refractivity contribution in [3.05, 3.63) is 0 Å². The Morgan fingerprint density at radius 3 is 0.750 bits per heavy atom. The second kappa shape index (κ2) is 11.0. The van der Waals surface area contributed by atoms with Gasteiger partial charge in [0.15, 0.2) is 0 Å². The molecule has 0 aliphatic carbocycles. The van der Waals surface area contributed by atoms with Crippen molar-refractivity contribution in [1.82, 2.24) is 0 Å². The van der Waals surface area contributed by atoms with E-state index in [0.29, 0.717) is 0 Å². The van der Waals surface area contributed by atoms with E-state index < -0.39 is 18.1 Å². The summed E-state index contributed by atoms with van der Waals surface area (Å²) < 4.78 is 2.57. The van der Waals surface area contributed by atoms with Crippen LogP contribution in [-0.2, 0) is 4.12 Å². The Labute approximate surface area is 192 Å². The zero-order valence-electron chi connectivity index (χ0n) is 5.98. The first-order valence-electron chi connectivity index (χ1n) is 1.63. The normalized spacial score (nSPS) is 10.5. The molecular weight excluding hydrogens is 580 g/mol. The fourth-order valence-corrected chi connectivity index (χ4v) is 1.38. The van der Waals surface area contributed by atoms with Gasteiger partial charge in [0.25, 0.3) is 0 Å². The molecule has 0 aliphatic heterocycles. The molecule has 0 aromatic carbocycles. The molecule has 12 heavy (non-hydrogen) atoms. The van der Waals surface area contributed by atoms with Crippen molar-refractivity contribution in [3.8, 4) is 0 Å². The Morgan fingerprint density at radius 2 is 0.750 bits per heavy atom. The Kier molecular flexibility index (Phi) is 23.5. The predicted octanol–water partition coefficient (Wildman–Crippen LogP) is -9.11. The summed E-state index contributed by atoms with van der Waals surface area (Å²) >= 11 is 0. The van der Waals surface area contributed by atoms with Crippen LogP contribution in [-0.4, -0.2) is 165 Å². The largest absolute Gasteiger partial charge is 2.00 e. The third kappa shape index (κ3) is 24.2. The van der Waals surface area contributed by atoms with E-state index in [2.05, 4.69) is 4.12 Å². The van der Waals surface area contributed by atoms with Gasteiger partial charge in [-0.2, -0.15) is 0 Å². The fourth-order valence-electron chi connectivity index (χ4n) is 0.153. The molecule has 0 aromatic heterocycles. The second-order valence-corrected chi connectivity index (χ2v) is 3.92. The summed E-state index contributed by atoms with van der Waals surface area (Å²) in [5, 5.41) is 0. The van der Waals surface area contributed by atoms with Crippen molar-refractivity contribution < 1.29 is 32.9 Å². The van der Waals surface area contributed by atoms with E-state index >= 15 is 0 Å². The molecule has 56 valence electrons. The first-order chi connectivity index (χ1) is 3.71. The average Bonchev–Trinajstić information content (AvgIpc) is 1.14.